The van der Waals surface area contributed by atoms with Gasteiger partial charge in [0.2, 0.25) is 0 Å². The van der Waals surface area contributed by atoms with Crippen LogP contribution >= 0.6 is 0 Å². The third kappa shape index (κ3) is 1.50. The van der Waals surface area contributed by atoms with E-state index in [-0.39, 0.29) is 18.7 Å². The monoisotopic (exact) mass is 168 g/mol. The first-order chi connectivity index (χ1) is 5.66. The molecule has 1 amide bonds. The second-order valence-corrected chi connectivity index (χ2v) is 3.17. The highest BCUT2D eigenvalue weighted by molar-refractivity contribution is 5.70. The van der Waals surface area contributed by atoms with Gasteiger partial charge in [-0.05, 0) is 5.92 Å². The summed E-state index contributed by atoms with van der Waals surface area (Å²) in [5, 5.41) is 8.44. The van der Waals surface area contributed by atoms with E-state index < -0.39 is 0 Å². The van der Waals surface area contributed by atoms with Gasteiger partial charge in [0.25, 0.3) is 0 Å². The van der Waals surface area contributed by atoms with Crippen LogP contribution in [0.2, 0.25) is 0 Å². The predicted octanol–water partition coefficient (Wildman–Crippen LogP) is 0.987. The third-order valence-electron chi connectivity index (χ3n) is 2.02. The van der Waals surface area contributed by atoms with Crippen LogP contribution in [0.3, 0.4) is 0 Å². The number of carbonyl (C=O) groups excluding carboxylic acids is 1. The highest BCUT2D eigenvalue weighted by atomic mass is 16.6. The molecule has 0 saturated carbocycles. The van der Waals surface area contributed by atoms with Crippen molar-refractivity contribution in [2.75, 3.05) is 13.2 Å². The van der Waals surface area contributed by atoms with Gasteiger partial charge in [-0.2, -0.15) is 5.26 Å². The molecule has 0 aromatic heterocycles. The van der Waals surface area contributed by atoms with E-state index in [1.165, 1.54) is 4.90 Å². The third-order valence-corrected chi connectivity index (χ3v) is 2.02. The largest absolute Gasteiger partial charge is 0.447 e. The van der Waals surface area contributed by atoms with Gasteiger partial charge in [0, 0.05) is 0 Å². The molecule has 1 aliphatic heterocycles. The molecule has 1 fully saturated rings. The van der Waals surface area contributed by atoms with Crippen molar-refractivity contribution in [3.63, 3.8) is 0 Å². The van der Waals surface area contributed by atoms with Crippen molar-refractivity contribution in [1.29, 1.82) is 5.26 Å². The lowest BCUT2D eigenvalue weighted by atomic mass is 10.1. The van der Waals surface area contributed by atoms with Crippen LogP contribution in [0.25, 0.3) is 0 Å². The van der Waals surface area contributed by atoms with Crippen molar-refractivity contribution in [1.82, 2.24) is 4.90 Å². The highest BCUT2D eigenvalue weighted by Gasteiger charge is 2.34. The van der Waals surface area contributed by atoms with Crippen LogP contribution in [0, 0.1) is 17.2 Å². The number of nitrogens with zero attached hydrogens (tertiary/aromatic N) is 2. The van der Waals surface area contributed by atoms with Gasteiger partial charge >= 0.3 is 6.09 Å². The molecule has 0 spiro atoms. The Morgan fingerprint density at radius 3 is 3.00 bits per heavy atom. The van der Waals surface area contributed by atoms with Crippen LogP contribution in [0.4, 0.5) is 4.79 Å². The Bertz CT molecular complexity index is 220. The minimum atomic E-state index is -0.366. The molecule has 0 aliphatic carbocycles. The average Bonchev–Trinajstić information content (AvgIpc) is 2.34. The van der Waals surface area contributed by atoms with E-state index in [9.17, 15) is 4.79 Å². The summed E-state index contributed by atoms with van der Waals surface area (Å²) in [5.74, 6) is 0.338. The molecule has 1 heterocycles. The first-order valence-electron chi connectivity index (χ1n) is 3.97. The van der Waals surface area contributed by atoms with Gasteiger partial charge in [0.05, 0.1) is 12.1 Å². The van der Waals surface area contributed by atoms with Crippen molar-refractivity contribution < 1.29 is 9.53 Å². The summed E-state index contributed by atoms with van der Waals surface area (Å²) >= 11 is 0. The fraction of sp³-hybridized carbons (Fsp3) is 0.750. The molecule has 1 atom stereocenters. The molecule has 1 aliphatic rings. The topological polar surface area (TPSA) is 53.3 Å². The molecule has 0 aromatic rings. The maximum atomic E-state index is 11.0. The summed E-state index contributed by atoms with van der Waals surface area (Å²) in [5.41, 5.74) is 0. The van der Waals surface area contributed by atoms with Gasteiger partial charge in [-0.1, -0.05) is 13.8 Å². The molecule has 1 unspecified atom stereocenters. The van der Waals surface area contributed by atoms with Gasteiger partial charge in [0.1, 0.15) is 13.2 Å². The van der Waals surface area contributed by atoms with Crippen molar-refractivity contribution in [3.05, 3.63) is 0 Å². The summed E-state index contributed by atoms with van der Waals surface area (Å²) in [6.07, 6.45) is -0.366. The molecule has 0 radical (unpaired) electrons. The molecule has 66 valence electrons. The van der Waals surface area contributed by atoms with Gasteiger partial charge in [0.15, 0.2) is 0 Å². The van der Waals surface area contributed by atoms with Gasteiger partial charge < -0.3 is 4.74 Å². The molecule has 12 heavy (non-hydrogen) atoms. The lowest BCUT2D eigenvalue weighted by Crippen LogP contribution is -2.37. The first-order valence-corrected chi connectivity index (χ1v) is 3.97. The average molecular weight is 168 g/mol. The zero-order valence-electron chi connectivity index (χ0n) is 7.28. The maximum Gasteiger partial charge on any atom is 0.411 e. The molecule has 4 nitrogen and oxygen atoms in total. The standard InChI is InChI=1S/C8H12N2O2/c1-6(2)7-5-12-8(11)10(7)4-3-9/h6-7H,4-5H2,1-2H3. The number of ether oxygens (including phenoxy) is 1. The van der Waals surface area contributed by atoms with Gasteiger partial charge in [-0.15, -0.1) is 0 Å². The minimum absolute atomic E-state index is 0.0668. The fourth-order valence-electron chi connectivity index (χ4n) is 1.28. The Labute approximate surface area is 71.7 Å². The quantitative estimate of drug-likeness (QED) is 0.578. The Morgan fingerprint density at radius 2 is 2.50 bits per heavy atom. The van der Waals surface area contributed by atoms with Gasteiger partial charge in [-0.3, -0.25) is 4.90 Å². The van der Waals surface area contributed by atoms with Crippen molar-refractivity contribution >= 4 is 6.09 Å². The van der Waals surface area contributed by atoms with E-state index in [1.54, 1.807) is 0 Å². The Morgan fingerprint density at radius 1 is 1.83 bits per heavy atom. The predicted molar refractivity (Wildman–Crippen MR) is 42.3 cm³/mol. The van der Waals surface area contributed by atoms with Crippen molar-refractivity contribution in [2.45, 2.75) is 19.9 Å². The van der Waals surface area contributed by atoms with E-state index in [0.717, 1.165) is 0 Å². The zero-order valence-corrected chi connectivity index (χ0v) is 7.28. The molecular formula is C8H12N2O2. The number of hydrogen-bond acceptors (Lipinski definition) is 3. The van der Waals surface area contributed by atoms with Crippen molar-refractivity contribution in [2.24, 2.45) is 5.92 Å². The SMILES string of the molecule is CC(C)C1COC(=O)N1CC#N. The van der Waals surface area contributed by atoms with E-state index in [4.69, 9.17) is 10.00 Å². The van der Waals surface area contributed by atoms with Crippen LogP contribution in [0.5, 0.6) is 0 Å². The second kappa shape index (κ2) is 3.44. The minimum Gasteiger partial charge on any atom is -0.447 e. The van der Waals surface area contributed by atoms with E-state index in [1.807, 2.05) is 19.9 Å². The summed E-state index contributed by atoms with van der Waals surface area (Å²) in [7, 11) is 0. The molecular weight excluding hydrogens is 156 g/mol. The molecule has 0 aromatic carbocycles. The Balaban J connectivity index is 2.65. The smallest absolute Gasteiger partial charge is 0.411 e. The van der Waals surface area contributed by atoms with Crippen molar-refractivity contribution in [3.8, 4) is 6.07 Å². The molecule has 0 bridgehead atoms. The number of rotatable bonds is 2. The van der Waals surface area contributed by atoms with E-state index in [2.05, 4.69) is 0 Å². The molecule has 4 heteroatoms. The van der Waals surface area contributed by atoms with Crippen LogP contribution in [0.1, 0.15) is 13.8 Å². The maximum absolute atomic E-state index is 11.0. The summed E-state index contributed by atoms with van der Waals surface area (Å²) in [6.45, 7) is 4.56. The summed E-state index contributed by atoms with van der Waals surface area (Å²) in [4.78, 5) is 12.5. The highest BCUT2D eigenvalue weighted by Crippen LogP contribution is 2.18. The van der Waals surface area contributed by atoms with E-state index >= 15 is 0 Å². The second-order valence-electron chi connectivity index (χ2n) is 3.17. The molecule has 0 N–H and O–H groups in total. The number of cyclic esters (lactones) is 1. The fourth-order valence-corrected chi connectivity index (χ4v) is 1.28. The Hall–Kier alpha value is -1.24. The molecule has 1 saturated heterocycles. The van der Waals surface area contributed by atoms with E-state index in [0.29, 0.717) is 12.5 Å². The molecule has 1 rings (SSSR count). The first kappa shape index (κ1) is 8.85. The normalized spacial score (nSPS) is 22.7. The van der Waals surface area contributed by atoms with Crippen LogP contribution in [-0.2, 0) is 4.74 Å². The van der Waals surface area contributed by atoms with Crippen LogP contribution < -0.4 is 0 Å². The number of nitriles is 1. The van der Waals surface area contributed by atoms with Crippen LogP contribution in [-0.4, -0.2) is 30.2 Å². The zero-order chi connectivity index (χ0) is 9.14. The lowest BCUT2D eigenvalue weighted by molar-refractivity contribution is 0.160. The van der Waals surface area contributed by atoms with Crippen LogP contribution in [0.15, 0.2) is 0 Å². The summed E-state index contributed by atoms with van der Waals surface area (Å²) < 4.78 is 4.83. The summed E-state index contributed by atoms with van der Waals surface area (Å²) in [6, 6.07) is 2.02. The van der Waals surface area contributed by atoms with Gasteiger partial charge in [-0.25, -0.2) is 4.79 Å². The number of carbonyl (C=O) groups is 1. The number of amides is 1. The lowest BCUT2D eigenvalue weighted by Gasteiger charge is -2.21. The number of hydrogen-bond donors (Lipinski definition) is 0. The Kier molecular flexibility index (Phi) is 2.54.